The number of carbonyl (C=O) groups excluding carboxylic acids is 1. The second-order valence-electron chi connectivity index (χ2n) is 3.49. The maximum absolute atomic E-state index is 12.4. The van der Waals surface area contributed by atoms with Crippen LogP contribution in [0.2, 0.25) is 5.02 Å². The summed E-state index contributed by atoms with van der Waals surface area (Å²) in [5, 5.41) is -0.653. The number of hydrogen-bond acceptors (Lipinski definition) is 3. The predicted octanol–water partition coefficient (Wildman–Crippen LogP) is 4.65. The Bertz CT molecular complexity index is 641. The second kappa shape index (κ2) is 5.37. The average molecular weight is 418 g/mol. The first-order chi connectivity index (χ1) is 8.79. The van der Waals surface area contributed by atoms with E-state index in [1.807, 2.05) is 22.6 Å². The zero-order chi connectivity index (χ0) is 14.2. The van der Waals surface area contributed by atoms with Gasteiger partial charge in [0.25, 0.3) is 0 Å². The van der Waals surface area contributed by atoms with Crippen LogP contribution in [0.15, 0.2) is 24.4 Å². The van der Waals surface area contributed by atoms with Crippen LogP contribution in [0, 0.1) is 3.57 Å². The van der Waals surface area contributed by atoms with Crippen LogP contribution < -0.4 is 0 Å². The van der Waals surface area contributed by atoms with Crippen LogP contribution in [0.4, 0.5) is 13.2 Å². The quantitative estimate of drug-likeness (QED) is 0.526. The van der Waals surface area contributed by atoms with Gasteiger partial charge in [-0.3, -0.25) is 4.79 Å². The number of benzene rings is 1. The normalized spacial score (nSPS) is 11.6. The van der Waals surface area contributed by atoms with Gasteiger partial charge in [0.1, 0.15) is 0 Å². The van der Waals surface area contributed by atoms with Crippen LogP contribution in [0.5, 0.6) is 0 Å². The highest BCUT2D eigenvalue weighted by molar-refractivity contribution is 14.1. The highest BCUT2D eigenvalue weighted by Gasteiger charge is 2.35. The number of rotatable bonds is 2. The molecule has 0 aliphatic rings. The summed E-state index contributed by atoms with van der Waals surface area (Å²) in [5.41, 5.74) is 0.239. The molecule has 0 radical (unpaired) electrons. The van der Waals surface area contributed by atoms with Crippen LogP contribution >= 0.6 is 45.5 Å². The predicted molar refractivity (Wildman–Crippen MR) is 74.7 cm³/mol. The molecule has 19 heavy (non-hydrogen) atoms. The van der Waals surface area contributed by atoms with E-state index in [1.165, 1.54) is 12.1 Å². The van der Waals surface area contributed by atoms with E-state index in [1.54, 1.807) is 6.07 Å². The van der Waals surface area contributed by atoms with Gasteiger partial charge in [0.15, 0.2) is 5.01 Å². The van der Waals surface area contributed by atoms with Crippen LogP contribution in [0.1, 0.15) is 20.2 Å². The molecule has 0 saturated carbocycles. The Balaban J connectivity index is 2.34. The Hall–Kier alpha value is -0.670. The molecule has 100 valence electrons. The molecule has 0 saturated heterocycles. The molecule has 0 amide bonds. The van der Waals surface area contributed by atoms with Crippen molar-refractivity contribution >= 4 is 51.3 Å². The number of halogens is 5. The molecule has 1 aromatic carbocycles. The molecule has 0 unspecified atom stereocenters. The van der Waals surface area contributed by atoms with Gasteiger partial charge in [-0.05, 0) is 40.8 Å². The SMILES string of the molecule is O=C(c1ccc(I)c(Cl)c1)c1cnc(C(F)(F)F)s1. The number of alkyl halides is 3. The van der Waals surface area contributed by atoms with Crippen molar-refractivity contribution < 1.29 is 18.0 Å². The lowest BCUT2D eigenvalue weighted by Gasteiger charge is -2.01. The van der Waals surface area contributed by atoms with Gasteiger partial charge in [-0.15, -0.1) is 11.3 Å². The van der Waals surface area contributed by atoms with E-state index in [0.717, 1.165) is 9.77 Å². The lowest BCUT2D eigenvalue weighted by Crippen LogP contribution is -2.03. The number of aromatic nitrogens is 1. The first-order valence-electron chi connectivity index (χ1n) is 4.82. The lowest BCUT2D eigenvalue weighted by molar-refractivity contribution is -0.137. The summed E-state index contributed by atoms with van der Waals surface area (Å²) in [5.74, 6) is -0.522. The molecule has 1 aromatic heterocycles. The molecule has 0 N–H and O–H groups in total. The third kappa shape index (κ3) is 3.26. The number of thiazole rings is 1. The van der Waals surface area contributed by atoms with Crippen LogP contribution in [0.3, 0.4) is 0 Å². The number of carbonyl (C=O) groups is 1. The van der Waals surface area contributed by atoms with Gasteiger partial charge < -0.3 is 0 Å². The van der Waals surface area contributed by atoms with Crippen LogP contribution in [-0.2, 0) is 6.18 Å². The molecule has 1 heterocycles. The van der Waals surface area contributed by atoms with E-state index in [4.69, 9.17) is 11.6 Å². The van der Waals surface area contributed by atoms with Crippen molar-refractivity contribution in [1.82, 2.24) is 4.98 Å². The van der Waals surface area contributed by atoms with Gasteiger partial charge in [-0.2, -0.15) is 13.2 Å². The maximum Gasteiger partial charge on any atom is 0.443 e. The van der Waals surface area contributed by atoms with Crippen LogP contribution in [-0.4, -0.2) is 10.8 Å². The van der Waals surface area contributed by atoms with Gasteiger partial charge >= 0.3 is 6.18 Å². The van der Waals surface area contributed by atoms with Crippen molar-refractivity contribution in [2.45, 2.75) is 6.18 Å². The topological polar surface area (TPSA) is 30.0 Å². The molecule has 2 aromatic rings. The summed E-state index contributed by atoms with van der Waals surface area (Å²) in [6.07, 6.45) is -3.60. The Labute approximate surface area is 128 Å². The standard InChI is InChI=1S/C11H4ClF3INOS/c12-6-3-5(1-2-7(6)16)9(18)8-4-17-10(19-8)11(13,14)15/h1-4H. The third-order valence-corrected chi connectivity index (χ3v) is 4.77. The van der Waals surface area contributed by atoms with Crippen molar-refractivity contribution in [3.05, 3.63) is 48.4 Å². The fourth-order valence-corrected chi connectivity index (χ4v) is 2.55. The smallest absolute Gasteiger partial charge is 0.288 e. The zero-order valence-electron chi connectivity index (χ0n) is 8.96. The fourth-order valence-electron chi connectivity index (χ4n) is 1.29. The average Bonchev–Trinajstić information content (AvgIpc) is 2.81. The van der Waals surface area contributed by atoms with Gasteiger partial charge in [-0.1, -0.05) is 11.6 Å². The Morgan fingerprint density at radius 2 is 2.05 bits per heavy atom. The minimum Gasteiger partial charge on any atom is -0.288 e. The van der Waals surface area contributed by atoms with Gasteiger partial charge in [0.2, 0.25) is 5.78 Å². The van der Waals surface area contributed by atoms with Gasteiger partial charge in [0.05, 0.1) is 9.90 Å². The molecule has 0 aliphatic heterocycles. The van der Waals surface area contributed by atoms with Crippen molar-refractivity contribution in [3.63, 3.8) is 0 Å². The summed E-state index contributed by atoms with van der Waals surface area (Å²) in [7, 11) is 0. The monoisotopic (exact) mass is 417 g/mol. The highest BCUT2D eigenvalue weighted by atomic mass is 127. The molecular formula is C11H4ClF3INOS. The largest absolute Gasteiger partial charge is 0.443 e. The fraction of sp³-hybridized carbons (Fsp3) is 0.0909. The second-order valence-corrected chi connectivity index (χ2v) is 6.09. The highest BCUT2D eigenvalue weighted by Crippen LogP contribution is 2.33. The summed E-state index contributed by atoms with van der Waals surface area (Å²) in [4.78, 5) is 15.1. The van der Waals surface area contributed by atoms with E-state index in [2.05, 4.69) is 4.98 Å². The van der Waals surface area contributed by atoms with Crippen molar-refractivity contribution in [3.8, 4) is 0 Å². The van der Waals surface area contributed by atoms with Crippen LogP contribution in [0.25, 0.3) is 0 Å². The zero-order valence-corrected chi connectivity index (χ0v) is 12.7. The molecule has 0 atom stereocenters. The summed E-state index contributed by atoms with van der Waals surface area (Å²) >= 11 is 8.19. The molecular weight excluding hydrogens is 414 g/mol. The minimum atomic E-state index is -4.53. The molecule has 8 heteroatoms. The summed E-state index contributed by atoms with van der Waals surface area (Å²) in [6.45, 7) is 0. The first kappa shape index (κ1) is 14.7. The van der Waals surface area contributed by atoms with E-state index >= 15 is 0 Å². The van der Waals surface area contributed by atoms with Gasteiger partial charge in [0, 0.05) is 15.3 Å². The molecule has 0 bridgehead atoms. The maximum atomic E-state index is 12.4. The lowest BCUT2D eigenvalue weighted by atomic mass is 10.1. The Morgan fingerprint density at radius 1 is 1.37 bits per heavy atom. The Kier molecular flexibility index (Phi) is 4.17. The van der Waals surface area contributed by atoms with E-state index in [-0.39, 0.29) is 10.4 Å². The third-order valence-electron chi connectivity index (χ3n) is 2.15. The minimum absolute atomic E-state index is 0.0652. The number of hydrogen-bond donors (Lipinski definition) is 0. The Morgan fingerprint density at radius 3 is 2.58 bits per heavy atom. The molecule has 0 fully saturated rings. The number of ketones is 1. The summed E-state index contributed by atoms with van der Waals surface area (Å²) < 4.78 is 38.0. The van der Waals surface area contributed by atoms with E-state index < -0.39 is 17.0 Å². The van der Waals surface area contributed by atoms with E-state index in [9.17, 15) is 18.0 Å². The first-order valence-corrected chi connectivity index (χ1v) is 7.09. The number of nitrogens with zero attached hydrogens (tertiary/aromatic N) is 1. The molecule has 2 nitrogen and oxygen atoms in total. The molecule has 0 spiro atoms. The van der Waals surface area contributed by atoms with Gasteiger partial charge in [-0.25, -0.2) is 4.98 Å². The summed E-state index contributed by atoms with van der Waals surface area (Å²) in [6, 6.07) is 4.57. The molecule has 2 rings (SSSR count). The van der Waals surface area contributed by atoms with Crippen molar-refractivity contribution in [2.75, 3.05) is 0 Å². The van der Waals surface area contributed by atoms with Crippen molar-refractivity contribution in [2.24, 2.45) is 0 Å². The van der Waals surface area contributed by atoms with E-state index in [0.29, 0.717) is 16.4 Å². The molecule has 0 aliphatic carbocycles. The van der Waals surface area contributed by atoms with Crippen molar-refractivity contribution in [1.29, 1.82) is 0 Å².